The van der Waals surface area contributed by atoms with Crippen LogP contribution in [-0.4, -0.2) is 0 Å². The quantitative estimate of drug-likeness (QED) is 0.409. The second-order valence-corrected chi connectivity index (χ2v) is 13.0. The molecule has 0 bridgehead atoms. The molecule has 0 aromatic rings. The highest BCUT2D eigenvalue weighted by Crippen LogP contribution is 2.67. The molecule has 30 heavy (non-hydrogen) atoms. The second kappa shape index (κ2) is 8.12. The normalized spacial score (nSPS) is 48.0. The fourth-order valence-corrected chi connectivity index (χ4v) is 9.54. The van der Waals surface area contributed by atoms with Crippen molar-refractivity contribution in [3.05, 3.63) is 23.8 Å². The lowest BCUT2D eigenvalue weighted by Gasteiger charge is -2.58. The van der Waals surface area contributed by atoms with Gasteiger partial charge in [0, 0.05) is 0 Å². The standard InChI is InChI=1S/C30H48/c1-21-16-18-29(3)24(20-21)12-13-25-27-15-14-26(30(27,4)19-17-28(25)29)22(2)10-11-23-8-6-5-7-9-23/h10-12,21-23,25-28H,5-9,13-20H2,1-4H3/b11-10+/t21-,22+,25-,26+,27-,28-,29-,30+/m0/s1. The summed E-state index contributed by atoms with van der Waals surface area (Å²) in [6.07, 6.45) is 27.1. The Morgan fingerprint density at radius 1 is 0.933 bits per heavy atom. The largest absolute Gasteiger partial charge is 0.0851 e. The Hall–Kier alpha value is -0.520. The van der Waals surface area contributed by atoms with Crippen LogP contribution in [0, 0.1) is 52.3 Å². The maximum Gasteiger partial charge on any atom is -0.00851 e. The van der Waals surface area contributed by atoms with E-state index < -0.39 is 0 Å². The fraction of sp³-hybridized carbons (Fsp3) is 0.867. The number of hydrogen-bond donors (Lipinski definition) is 0. The van der Waals surface area contributed by atoms with Crippen molar-refractivity contribution >= 4 is 0 Å². The van der Waals surface area contributed by atoms with E-state index in [4.69, 9.17) is 0 Å². The Kier molecular flexibility index (Phi) is 5.77. The molecule has 0 spiro atoms. The van der Waals surface area contributed by atoms with E-state index in [1.807, 2.05) is 5.57 Å². The predicted octanol–water partition coefficient (Wildman–Crippen LogP) is 8.97. The van der Waals surface area contributed by atoms with Gasteiger partial charge in [-0.2, -0.15) is 0 Å². The monoisotopic (exact) mass is 408 g/mol. The van der Waals surface area contributed by atoms with E-state index in [-0.39, 0.29) is 0 Å². The summed E-state index contributed by atoms with van der Waals surface area (Å²) in [7, 11) is 0. The molecule has 0 unspecified atom stereocenters. The molecule has 0 radical (unpaired) electrons. The number of allylic oxidation sites excluding steroid dienone is 4. The van der Waals surface area contributed by atoms with Crippen LogP contribution in [0.4, 0.5) is 0 Å². The Balaban J connectivity index is 1.32. The van der Waals surface area contributed by atoms with Gasteiger partial charge in [-0.25, -0.2) is 0 Å². The molecule has 8 atom stereocenters. The van der Waals surface area contributed by atoms with Gasteiger partial charge in [0.1, 0.15) is 0 Å². The second-order valence-electron chi connectivity index (χ2n) is 13.0. The van der Waals surface area contributed by atoms with Gasteiger partial charge >= 0.3 is 0 Å². The molecular weight excluding hydrogens is 360 g/mol. The highest BCUT2D eigenvalue weighted by atomic mass is 14.6. The van der Waals surface area contributed by atoms with Gasteiger partial charge in [-0.15, -0.1) is 0 Å². The lowest BCUT2D eigenvalue weighted by atomic mass is 9.46. The molecule has 4 fully saturated rings. The van der Waals surface area contributed by atoms with E-state index in [2.05, 4.69) is 45.9 Å². The molecule has 0 nitrogen and oxygen atoms in total. The smallest absolute Gasteiger partial charge is 0.00851 e. The summed E-state index contributed by atoms with van der Waals surface area (Å²) < 4.78 is 0. The Morgan fingerprint density at radius 3 is 2.53 bits per heavy atom. The first-order chi connectivity index (χ1) is 14.4. The summed E-state index contributed by atoms with van der Waals surface area (Å²) in [5.41, 5.74) is 3.01. The Labute approximate surface area is 187 Å². The van der Waals surface area contributed by atoms with Crippen LogP contribution in [-0.2, 0) is 0 Å². The molecule has 168 valence electrons. The average Bonchev–Trinajstić information content (AvgIpc) is 3.10. The molecule has 5 rings (SSSR count). The highest BCUT2D eigenvalue weighted by molar-refractivity contribution is 5.25. The molecule has 4 saturated carbocycles. The van der Waals surface area contributed by atoms with Crippen LogP contribution >= 0.6 is 0 Å². The van der Waals surface area contributed by atoms with Crippen molar-refractivity contribution in [2.24, 2.45) is 52.3 Å². The zero-order chi connectivity index (χ0) is 20.9. The number of hydrogen-bond acceptors (Lipinski definition) is 0. The first kappa shape index (κ1) is 21.3. The van der Waals surface area contributed by atoms with Crippen LogP contribution < -0.4 is 0 Å². The maximum atomic E-state index is 2.75. The van der Waals surface area contributed by atoms with E-state index in [1.54, 1.807) is 0 Å². The minimum atomic E-state index is 0.543. The molecule has 5 aliphatic carbocycles. The molecule has 0 aromatic carbocycles. The fourth-order valence-electron chi connectivity index (χ4n) is 9.54. The van der Waals surface area contributed by atoms with Crippen molar-refractivity contribution in [2.45, 2.75) is 111 Å². The lowest BCUT2D eigenvalue weighted by molar-refractivity contribution is -0.0486. The molecule has 0 aliphatic heterocycles. The predicted molar refractivity (Wildman–Crippen MR) is 129 cm³/mol. The van der Waals surface area contributed by atoms with Crippen molar-refractivity contribution in [3.63, 3.8) is 0 Å². The van der Waals surface area contributed by atoms with Gasteiger partial charge in [-0.3, -0.25) is 0 Å². The van der Waals surface area contributed by atoms with E-state index in [1.165, 1.54) is 83.5 Å². The first-order valence-electron chi connectivity index (χ1n) is 13.8. The SMILES string of the molecule is C[C@H]1CC[C@@]2(C)C(=CC[C@H]3[C@@H]4CC[C@H]([C@H](C)/C=C/C5CCCCC5)[C@@]4(C)CC[C@@H]32)C1. The number of fused-ring (bicyclic) bond motifs is 5. The van der Waals surface area contributed by atoms with Crippen LogP contribution in [0.3, 0.4) is 0 Å². The van der Waals surface area contributed by atoms with Crippen LogP contribution in [0.25, 0.3) is 0 Å². The van der Waals surface area contributed by atoms with Gasteiger partial charge < -0.3 is 0 Å². The average molecular weight is 409 g/mol. The summed E-state index contributed by atoms with van der Waals surface area (Å²) in [5.74, 6) is 6.45. The highest BCUT2D eigenvalue weighted by Gasteiger charge is 2.58. The summed E-state index contributed by atoms with van der Waals surface area (Å²) >= 11 is 0. The zero-order valence-electron chi connectivity index (χ0n) is 20.5. The summed E-state index contributed by atoms with van der Waals surface area (Å²) in [4.78, 5) is 0. The molecule has 0 saturated heterocycles. The molecule has 0 amide bonds. The van der Waals surface area contributed by atoms with Crippen LogP contribution in [0.2, 0.25) is 0 Å². The molecule has 0 N–H and O–H groups in total. The number of rotatable bonds is 3. The minimum absolute atomic E-state index is 0.543. The van der Waals surface area contributed by atoms with Gasteiger partial charge in [0.25, 0.3) is 0 Å². The van der Waals surface area contributed by atoms with Gasteiger partial charge in [0.15, 0.2) is 0 Å². The van der Waals surface area contributed by atoms with E-state index >= 15 is 0 Å². The third-order valence-electron chi connectivity index (χ3n) is 11.4. The molecule has 5 aliphatic rings. The Morgan fingerprint density at radius 2 is 1.73 bits per heavy atom. The maximum absolute atomic E-state index is 2.75. The van der Waals surface area contributed by atoms with Crippen molar-refractivity contribution in [1.29, 1.82) is 0 Å². The van der Waals surface area contributed by atoms with Crippen molar-refractivity contribution in [1.82, 2.24) is 0 Å². The summed E-state index contributed by atoms with van der Waals surface area (Å²) in [6.45, 7) is 10.4. The first-order valence-corrected chi connectivity index (χ1v) is 13.8. The summed E-state index contributed by atoms with van der Waals surface area (Å²) in [6, 6.07) is 0. The molecular formula is C30H48. The van der Waals surface area contributed by atoms with Crippen molar-refractivity contribution in [3.8, 4) is 0 Å². The van der Waals surface area contributed by atoms with Crippen LogP contribution in [0.15, 0.2) is 23.8 Å². The van der Waals surface area contributed by atoms with Gasteiger partial charge in [0.05, 0.1) is 0 Å². The minimum Gasteiger partial charge on any atom is -0.0851 e. The van der Waals surface area contributed by atoms with E-state index in [0.29, 0.717) is 10.8 Å². The van der Waals surface area contributed by atoms with Crippen LogP contribution in [0.1, 0.15) is 111 Å². The van der Waals surface area contributed by atoms with E-state index in [0.717, 1.165) is 41.4 Å². The summed E-state index contributed by atoms with van der Waals surface area (Å²) in [5, 5.41) is 0. The van der Waals surface area contributed by atoms with Crippen molar-refractivity contribution in [2.75, 3.05) is 0 Å². The van der Waals surface area contributed by atoms with Gasteiger partial charge in [-0.05, 0) is 116 Å². The lowest BCUT2D eigenvalue weighted by Crippen LogP contribution is -2.50. The van der Waals surface area contributed by atoms with Crippen molar-refractivity contribution < 1.29 is 0 Å². The van der Waals surface area contributed by atoms with Gasteiger partial charge in [-0.1, -0.05) is 70.8 Å². The third-order valence-corrected chi connectivity index (χ3v) is 11.4. The van der Waals surface area contributed by atoms with Crippen LogP contribution in [0.5, 0.6) is 0 Å². The molecule has 0 heterocycles. The molecule has 0 heteroatoms. The molecule has 0 aromatic heterocycles. The zero-order valence-corrected chi connectivity index (χ0v) is 20.5. The topological polar surface area (TPSA) is 0 Å². The van der Waals surface area contributed by atoms with E-state index in [9.17, 15) is 0 Å². The van der Waals surface area contributed by atoms with Gasteiger partial charge in [0.2, 0.25) is 0 Å². The third kappa shape index (κ3) is 3.47. The Bertz CT molecular complexity index is 678.